The zero-order chi connectivity index (χ0) is 10.6. The summed E-state index contributed by atoms with van der Waals surface area (Å²) in [6.07, 6.45) is 2.21. The molecule has 0 aliphatic rings. The van der Waals surface area contributed by atoms with Gasteiger partial charge in [0.05, 0.1) is 12.7 Å². The fraction of sp³-hybridized carbons (Fsp3) is 0.333. The van der Waals surface area contributed by atoms with Crippen molar-refractivity contribution in [3.8, 4) is 5.75 Å². The predicted octanol–water partition coefficient (Wildman–Crippen LogP) is 2.48. The minimum atomic E-state index is -0.908. The second-order valence-electron chi connectivity index (χ2n) is 3.47. The van der Waals surface area contributed by atoms with Gasteiger partial charge in [-0.3, -0.25) is 0 Å². The molecule has 76 valence electrons. The number of ether oxygens (including phenoxy) is 1. The Hall–Kier alpha value is -1.28. The van der Waals surface area contributed by atoms with Gasteiger partial charge in [0.15, 0.2) is 0 Å². The molecule has 0 spiro atoms. The van der Waals surface area contributed by atoms with Crippen molar-refractivity contribution in [1.82, 2.24) is 0 Å². The molecule has 0 saturated carbocycles. The lowest BCUT2D eigenvalue weighted by Gasteiger charge is -2.24. The van der Waals surface area contributed by atoms with Crippen LogP contribution in [0.4, 0.5) is 0 Å². The number of aliphatic hydroxyl groups is 1. The molecule has 2 nitrogen and oxygen atoms in total. The molecular weight excluding hydrogens is 176 g/mol. The molecular formula is C12H16O2. The van der Waals surface area contributed by atoms with Gasteiger partial charge >= 0.3 is 0 Å². The molecule has 0 aliphatic heterocycles. The molecule has 1 aromatic carbocycles. The normalized spacial score (nSPS) is 14.5. The molecule has 1 atom stereocenters. The molecule has 1 N–H and O–H groups in total. The van der Waals surface area contributed by atoms with Gasteiger partial charge in [0.1, 0.15) is 5.75 Å². The van der Waals surface area contributed by atoms with Gasteiger partial charge in [-0.05, 0) is 19.4 Å². The van der Waals surface area contributed by atoms with E-state index in [1.807, 2.05) is 24.3 Å². The number of hydrogen-bond acceptors (Lipinski definition) is 2. The number of benzene rings is 1. The van der Waals surface area contributed by atoms with Crippen LogP contribution in [0.5, 0.6) is 5.75 Å². The highest BCUT2D eigenvalue weighted by atomic mass is 16.5. The van der Waals surface area contributed by atoms with E-state index in [2.05, 4.69) is 6.58 Å². The largest absolute Gasteiger partial charge is 0.496 e. The van der Waals surface area contributed by atoms with Crippen LogP contribution in [0.2, 0.25) is 0 Å². The van der Waals surface area contributed by atoms with Crippen LogP contribution < -0.4 is 4.74 Å². The van der Waals surface area contributed by atoms with Gasteiger partial charge in [-0.15, -0.1) is 6.58 Å². The van der Waals surface area contributed by atoms with Crippen molar-refractivity contribution in [3.05, 3.63) is 42.5 Å². The lowest BCUT2D eigenvalue weighted by atomic mass is 9.92. The highest BCUT2D eigenvalue weighted by Crippen LogP contribution is 2.32. The van der Waals surface area contributed by atoms with Gasteiger partial charge < -0.3 is 9.84 Å². The molecule has 0 bridgehead atoms. The number of para-hydroxylation sites is 1. The first-order chi connectivity index (χ1) is 6.61. The molecule has 1 rings (SSSR count). The van der Waals surface area contributed by atoms with Crippen LogP contribution in [-0.4, -0.2) is 12.2 Å². The summed E-state index contributed by atoms with van der Waals surface area (Å²) in [6, 6.07) is 7.47. The highest BCUT2D eigenvalue weighted by molar-refractivity contribution is 5.37. The lowest BCUT2D eigenvalue weighted by Crippen LogP contribution is -2.20. The zero-order valence-electron chi connectivity index (χ0n) is 8.66. The van der Waals surface area contributed by atoms with E-state index in [1.165, 1.54) is 0 Å². The lowest BCUT2D eigenvalue weighted by molar-refractivity contribution is 0.0579. The first kappa shape index (κ1) is 10.8. The molecule has 0 aliphatic carbocycles. The topological polar surface area (TPSA) is 29.5 Å². The molecule has 0 radical (unpaired) electrons. The second kappa shape index (κ2) is 4.29. The van der Waals surface area contributed by atoms with E-state index >= 15 is 0 Å². The van der Waals surface area contributed by atoms with E-state index in [9.17, 15) is 5.11 Å². The van der Waals surface area contributed by atoms with E-state index in [0.717, 1.165) is 5.56 Å². The fourth-order valence-electron chi connectivity index (χ4n) is 1.48. The van der Waals surface area contributed by atoms with Crippen LogP contribution >= 0.6 is 0 Å². The summed E-state index contributed by atoms with van der Waals surface area (Å²) in [7, 11) is 1.60. The van der Waals surface area contributed by atoms with Crippen molar-refractivity contribution in [3.63, 3.8) is 0 Å². The molecule has 0 heterocycles. The Bertz CT molecular complexity index is 316. The van der Waals surface area contributed by atoms with Crippen LogP contribution in [0.3, 0.4) is 0 Å². The van der Waals surface area contributed by atoms with Crippen molar-refractivity contribution in [2.45, 2.75) is 18.9 Å². The first-order valence-electron chi connectivity index (χ1n) is 4.58. The third-order valence-electron chi connectivity index (χ3n) is 2.23. The molecule has 0 saturated heterocycles. The average molecular weight is 192 g/mol. The van der Waals surface area contributed by atoms with E-state index in [1.54, 1.807) is 20.1 Å². The summed E-state index contributed by atoms with van der Waals surface area (Å²) < 4.78 is 5.18. The zero-order valence-corrected chi connectivity index (χ0v) is 8.66. The van der Waals surface area contributed by atoms with Gasteiger partial charge in [-0.1, -0.05) is 24.3 Å². The summed E-state index contributed by atoms with van der Waals surface area (Å²) >= 11 is 0. The second-order valence-corrected chi connectivity index (χ2v) is 3.47. The van der Waals surface area contributed by atoms with Crippen LogP contribution in [0.1, 0.15) is 18.9 Å². The summed E-state index contributed by atoms with van der Waals surface area (Å²) in [5.74, 6) is 0.708. The van der Waals surface area contributed by atoms with E-state index in [4.69, 9.17) is 4.74 Å². The maximum Gasteiger partial charge on any atom is 0.124 e. The Labute approximate surface area is 84.8 Å². The molecule has 0 unspecified atom stereocenters. The Morgan fingerprint density at radius 3 is 2.71 bits per heavy atom. The summed E-state index contributed by atoms with van der Waals surface area (Å²) in [5.41, 5.74) is -0.114. The van der Waals surface area contributed by atoms with E-state index < -0.39 is 5.60 Å². The minimum absolute atomic E-state index is 0.507. The maximum atomic E-state index is 10.1. The molecule has 0 amide bonds. The Kier molecular flexibility index (Phi) is 3.31. The fourth-order valence-corrected chi connectivity index (χ4v) is 1.48. The van der Waals surface area contributed by atoms with Gasteiger partial charge in [0.2, 0.25) is 0 Å². The van der Waals surface area contributed by atoms with Crippen LogP contribution in [0.25, 0.3) is 0 Å². The van der Waals surface area contributed by atoms with Gasteiger partial charge in [-0.25, -0.2) is 0 Å². The number of methoxy groups -OCH3 is 1. The Balaban J connectivity index is 3.09. The van der Waals surface area contributed by atoms with Gasteiger partial charge in [0.25, 0.3) is 0 Å². The van der Waals surface area contributed by atoms with E-state index in [0.29, 0.717) is 12.2 Å². The van der Waals surface area contributed by atoms with Crippen molar-refractivity contribution >= 4 is 0 Å². The number of rotatable bonds is 4. The Morgan fingerprint density at radius 1 is 1.50 bits per heavy atom. The van der Waals surface area contributed by atoms with Crippen LogP contribution in [-0.2, 0) is 5.60 Å². The van der Waals surface area contributed by atoms with Crippen LogP contribution in [0.15, 0.2) is 36.9 Å². The molecule has 0 aromatic heterocycles. The minimum Gasteiger partial charge on any atom is -0.496 e. The third-order valence-corrected chi connectivity index (χ3v) is 2.23. The van der Waals surface area contributed by atoms with Gasteiger partial charge in [0, 0.05) is 5.56 Å². The van der Waals surface area contributed by atoms with Crippen molar-refractivity contribution in [2.75, 3.05) is 7.11 Å². The summed E-state index contributed by atoms with van der Waals surface area (Å²) in [4.78, 5) is 0. The predicted molar refractivity (Wildman–Crippen MR) is 57.4 cm³/mol. The highest BCUT2D eigenvalue weighted by Gasteiger charge is 2.24. The van der Waals surface area contributed by atoms with Crippen molar-refractivity contribution in [1.29, 1.82) is 0 Å². The number of hydrogen-bond donors (Lipinski definition) is 1. The molecule has 2 heteroatoms. The summed E-state index contributed by atoms with van der Waals surface area (Å²) in [6.45, 7) is 5.38. The average Bonchev–Trinajstić information content (AvgIpc) is 2.18. The quantitative estimate of drug-likeness (QED) is 0.743. The SMILES string of the molecule is C=CC[C@](C)(O)c1ccccc1OC. The monoisotopic (exact) mass is 192 g/mol. The third kappa shape index (κ3) is 2.15. The van der Waals surface area contributed by atoms with Gasteiger partial charge in [-0.2, -0.15) is 0 Å². The van der Waals surface area contributed by atoms with E-state index in [-0.39, 0.29) is 0 Å². The summed E-state index contributed by atoms with van der Waals surface area (Å²) in [5, 5.41) is 10.1. The maximum absolute atomic E-state index is 10.1. The Morgan fingerprint density at radius 2 is 2.14 bits per heavy atom. The van der Waals surface area contributed by atoms with Crippen molar-refractivity contribution in [2.24, 2.45) is 0 Å². The molecule has 1 aromatic rings. The van der Waals surface area contributed by atoms with Crippen LogP contribution in [0, 0.1) is 0 Å². The molecule has 0 fully saturated rings. The first-order valence-corrected chi connectivity index (χ1v) is 4.58. The van der Waals surface area contributed by atoms with Crippen molar-refractivity contribution < 1.29 is 9.84 Å². The smallest absolute Gasteiger partial charge is 0.124 e. The standard InChI is InChI=1S/C12H16O2/c1-4-9-12(2,13)10-7-5-6-8-11(10)14-3/h4-8,13H,1,9H2,2-3H3/t12-/m0/s1. The molecule has 14 heavy (non-hydrogen) atoms.